The molecule has 138 valence electrons. The SMILES string of the molecule is COC(=O)C[C@H]1[C@H](c2cccs2)CC(=O)N1c1ccc2oc(=O)ccc2c1. The summed E-state index contributed by atoms with van der Waals surface area (Å²) >= 11 is 1.58. The average Bonchev–Trinajstić information content (AvgIpc) is 3.29. The van der Waals surface area contributed by atoms with Gasteiger partial charge >= 0.3 is 11.6 Å². The molecule has 1 fully saturated rings. The molecule has 1 aliphatic rings. The summed E-state index contributed by atoms with van der Waals surface area (Å²) in [6.07, 6.45) is 0.455. The third kappa shape index (κ3) is 3.26. The lowest BCUT2D eigenvalue weighted by atomic mass is 9.95. The van der Waals surface area contributed by atoms with Crippen LogP contribution < -0.4 is 10.5 Å². The van der Waals surface area contributed by atoms with Crippen molar-refractivity contribution < 1.29 is 18.7 Å². The highest BCUT2D eigenvalue weighted by Gasteiger charge is 2.43. The molecule has 1 aromatic carbocycles. The second-order valence-electron chi connectivity index (χ2n) is 6.41. The van der Waals surface area contributed by atoms with Gasteiger partial charge in [0.05, 0.1) is 19.6 Å². The van der Waals surface area contributed by atoms with Gasteiger partial charge in [-0.3, -0.25) is 9.59 Å². The van der Waals surface area contributed by atoms with Gasteiger partial charge < -0.3 is 14.1 Å². The number of hydrogen-bond donors (Lipinski definition) is 0. The smallest absolute Gasteiger partial charge is 0.336 e. The summed E-state index contributed by atoms with van der Waals surface area (Å²) in [6, 6.07) is 11.8. The minimum absolute atomic E-state index is 0.0426. The average molecular weight is 383 g/mol. The first kappa shape index (κ1) is 17.5. The molecule has 3 heterocycles. The van der Waals surface area contributed by atoms with E-state index in [-0.39, 0.29) is 30.3 Å². The number of nitrogens with zero attached hydrogens (tertiary/aromatic N) is 1. The first-order chi connectivity index (χ1) is 13.1. The third-order valence-corrected chi connectivity index (χ3v) is 5.86. The Labute approximate surface area is 159 Å². The van der Waals surface area contributed by atoms with Gasteiger partial charge in [0.15, 0.2) is 0 Å². The molecule has 0 saturated carbocycles. The Kier molecular flexibility index (Phi) is 4.53. The van der Waals surface area contributed by atoms with Gasteiger partial charge in [-0.15, -0.1) is 11.3 Å². The van der Waals surface area contributed by atoms with Crippen LogP contribution >= 0.6 is 11.3 Å². The first-order valence-corrected chi connectivity index (χ1v) is 9.41. The number of fused-ring (bicyclic) bond motifs is 1. The number of carbonyl (C=O) groups is 2. The summed E-state index contributed by atoms with van der Waals surface area (Å²) in [5.74, 6) is -0.465. The number of esters is 1. The zero-order valence-corrected chi connectivity index (χ0v) is 15.4. The topological polar surface area (TPSA) is 76.8 Å². The number of hydrogen-bond acceptors (Lipinski definition) is 6. The molecule has 0 unspecified atom stereocenters. The van der Waals surface area contributed by atoms with E-state index >= 15 is 0 Å². The lowest BCUT2D eigenvalue weighted by molar-refractivity contribution is -0.141. The first-order valence-electron chi connectivity index (χ1n) is 8.53. The Morgan fingerprint density at radius 1 is 1.26 bits per heavy atom. The molecule has 0 radical (unpaired) electrons. The van der Waals surface area contributed by atoms with Crippen molar-refractivity contribution in [2.24, 2.45) is 0 Å². The predicted molar refractivity (Wildman–Crippen MR) is 102 cm³/mol. The summed E-state index contributed by atoms with van der Waals surface area (Å²) in [6.45, 7) is 0. The van der Waals surface area contributed by atoms with E-state index in [4.69, 9.17) is 9.15 Å². The molecule has 0 aliphatic carbocycles. The van der Waals surface area contributed by atoms with Crippen LogP contribution in [0.3, 0.4) is 0 Å². The van der Waals surface area contributed by atoms with Crippen LogP contribution in [0.2, 0.25) is 0 Å². The molecule has 0 N–H and O–H groups in total. The van der Waals surface area contributed by atoms with E-state index in [1.807, 2.05) is 17.5 Å². The summed E-state index contributed by atoms with van der Waals surface area (Å²) in [4.78, 5) is 39.0. The van der Waals surface area contributed by atoms with E-state index in [1.165, 1.54) is 13.2 Å². The second kappa shape index (κ2) is 7.00. The van der Waals surface area contributed by atoms with Crippen LogP contribution in [0.5, 0.6) is 0 Å². The molecule has 1 amide bonds. The lowest BCUT2D eigenvalue weighted by Gasteiger charge is -2.27. The van der Waals surface area contributed by atoms with Crippen molar-refractivity contribution in [1.29, 1.82) is 0 Å². The Morgan fingerprint density at radius 3 is 2.85 bits per heavy atom. The standard InChI is InChI=1S/C20H17NO5S/c1-25-20(24)11-15-14(17-3-2-8-27-17)10-18(22)21(15)13-5-6-16-12(9-13)4-7-19(23)26-16/h2-9,14-15H,10-11H2,1H3/t14-,15+/m1/s1. The van der Waals surface area contributed by atoms with Crippen LogP contribution in [0, 0.1) is 0 Å². The number of anilines is 1. The summed E-state index contributed by atoms with van der Waals surface area (Å²) in [5, 5.41) is 2.69. The third-order valence-electron chi connectivity index (χ3n) is 4.85. The van der Waals surface area contributed by atoms with Crippen molar-refractivity contribution >= 4 is 39.9 Å². The minimum atomic E-state index is -0.422. The van der Waals surface area contributed by atoms with Crippen LogP contribution in [0.25, 0.3) is 11.0 Å². The Balaban J connectivity index is 1.76. The number of rotatable bonds is 4. The monoisotopic (exact) mass is 383 g/mol. The number of methoxy groups -OCH3 is 1. The maximum absolute atomic E-state index is 12.9. The maximum Gasteiger partial charge on any atom is 0.336 e. The van der Waals surface area contributed by atoms with E-state index in [2.05, 4.69) is 0 Å². The molecule has 4 rings (SSSR count). The van der Waals surface area contributed by atoms with Crippen molar-refractivity contribution in [2.45, 2.75) is 24.8 Å². The quantitative estimate of drug-likeness (QED) is 0.510. The van der Waals surface area contributed by atoms with Crippen molar-refractivity contribution in [2.75, 3.05) is 12.0 Å². The molecule has 2 atom stereocenters. The molecule has 0 bridgehead atoms. The summed E-state index contributed by atoms with van der Waals surface area (Å²) < 4.78 is 10.0. The molecule has 3 aromatic rings. The second-order valence-corrected chi connectivity index (χ2v) is 7.39. The van der Waals surface area contributed by atoms with Crippen LogP contribution in [-0.4, -0.2) is 25.0 Å². The number of thiophene rings is 1. The van der Waals surface area contributed by atoms with Gasteiger partial charge in [0, 0.05) is 34.4 Å². The number of ether oxygens (including phenoxy) is 1. The van der Waals surface area contributed by atoms with Crippen LogP contribution in [0.4, 0.5) is 5.69 Å². The number of amides is 1. The van der Waals surface area contributed by atoms with Crippen molar-refractivity contribution in [3.05, 3.63) is 63.1 Å². The predicted octanol–water partition coefficient (Wildman–Crippen LogP) is 3.31. The maximum atomic E-state index is 12.9. The molecule has 1 saturated heterocycles. The van der Waals surface area contributed by atoms with Gasteiger partial charge in [0.2, 0.25) is 5.91 Å². The van der Waals surface area contributed by atoms with Gasteiger partial charge in [-0.1, -0.05) is 6.07 Å². The fourth-order valence-electron chi connectivity index (χ4n) is 3.61. The zero-order chi connectivity index (χ0) is 19.0. The highest BCUT2D eigenvalue weighted by Crippen LogP contribution is 2.41. The molecular formula is C20H17NO5S. The number of carbonyl (C=O) groups excluding carboxylic acids is 2. The molecule has 27 heavy (non-hydrogen) atoms. The highest BCUT2D eigenvalue weighted by molar-refractivity contribution is 7.10. The van der Waals surface area contributed by atoms with Crippen LogP contribution in [0.1, 0.15) is 23.6 Å². The summed E-state index contributed by atoms with van der Waals surface area (Å²) in [7, 11) is 1.35. The summed E-state index contributed by atoms with van der Waals surface area (Å²) in [5.41, 5.74) is 0.709. The Bertz CT molecular complexity index is 1060. The molecular weight excluding hydrogens is 366 g/mol. The van der Waals surface area contributed by atoms with E-state index in [0.717, 1.165) is 10.3 Å². The lowest BCUT2D eigenvalue weighted by Crippen LogP contribution is -2.36. The van der Waals surface area contributed by atoms with E-state index in [9.17, 15) is 14.4 Å². The van der Waals surface area contributed by atoms with E-state index < -0.39 is 5.63 Å². The Hall–Kier alpha value is -2.93. The molecule has 6 nitrogen and oxygen atoms in total. The van der Waals surface area contributed by atoms with Crippen molar-refractivity contribution in [3.8, 4) is 0 Å². The van der Waals surface area contributed by atoms with E-state index in [0.29, 0.717) is 17.7 Å². The minimum Gasteiger partial charge on any atom is -0.469 e. The number of benzene rings is 1. The fraction of sp³-hybridized carbons (Fsp3) is 0.250. The highest BCUT2D eigenvalue weighted by atomic mass is 32.1. The van der Waals surface area contributed by atoms with Crippen molar-refractivity contribution in [3.63, 3.8) is 0 Å². The molecule has 7 heteroatoms. The van der Waals surface area contributed by atoms with Crippen molar-refractivity contribution in [1.82, 2.24) is 0 Å². The fourth-order valence-corrected chi connectivity index (χ4v) is 4.50. The zero-order valence-electron chi connectivity index (χ0n) is 14.6. The van der Waals surface area contributed by atoms with Crippen LogP contribution in [0.15, 0.2) is 57.1 Å². The van der Waals surface area contributed by atoms with Gasteiger partial charge in [0.25, 0.3) is 0 Å². The van der Waals surface area contributed by atoms with Gasteiger partial charge in [-0.2, -0.15) is 0 Å². The van der Waals surface area contributed by atoms with Gasteiger partial charge in [-0.05, 0) is 35.7 Å². The Morgan fingerprint density at radius 2 is 2.11 bits per heavy atom. The van der Waals surface area contributed by atoms with E-state index in [1.54, 1.807) is 40.5 Å². The molecule has 1 aliphatic heterocycles. The van der Waals surface area contributed by atoms with Gasteiger partial charge in [0.1, 0.15) is 5.58 Å². The largest absolute Gasteiger partial charge is 0.469 e. The molecule has 2 aromatic heterocycles. The normalized spacial score (nSPS) is 19.6. The van der Waals surface area contributed by atoms with Crippen LogP contribution in [-0.2, 0) is 14.3 Å². The molecule has 0 spiro atoms. The van der Waals surface area contributed by atoms with Gasteiger partial charge in [-0.25, -0.2) is 4.79 Å².